The lowest BCUT2D eigenvalue weighted by Crippen LogP contribution is -2.50. The number of rotatable bonds is 8. The maximum absolute atomic E-state index is 13.3. The van der Waals surface area contributed by atoms with E-state index < -0.39 is 28.5 Å². The molecule has 7 nitrogen and oxygen atoms in total. The van der Waals surface area contributed by atoms with E-state index >= 15 is 0 Å². The van der Waals surface area contributed by atoms with Gasteiger partial charge in [-0.1, -0.05) is 45.8 Å². The predicted molar refractivity (Wildman–Crippen MR) is 126 cm³/mol. The van der Waals surface area contributed by atoms with E-state index in [9.17, 15) is 18.0 Å². The molecule has 0 aliphatic rings. The zero-order valence-corrected chi connectivity index (χ0v) is 20.7. The molecule has 0 saturated heterocycles. The van der Waals surface area contributed by atoms with Gasteiger partial charge >= 0.3 is 0 Å². The van der Waals surface area contributed by atoms with E-state index in [2.05, 4.69) is 21.2 Å². The second-order valence-electron chi connectivity index (χ2n) is 7.50. The molecule has 0 radical (unpaired) electrons. The molecule has 9 heteroatoms. The Morgan fingerprint density at radius 3 is 2.23 bits per heavy atom. The highest BCUT2D eigenvalue weighted by molar-refractivity contribution is 9.10. The van der Waals surface area contributed by atoms with E-state index in [4.69, 9.17) is 0 Å². The van der Waals surface area contributed by atoms with Gasteiger partial charge in [-0.25, -0.2) is 8.42 Å². The third-order valence-electron chi connectivity index (χ3n) is 5.00. The molecular weight excluding hydrogens is 482 g/mol. The quantitative estimate of drug-likeness (QED) is 0.592. The molecule has 0 bridgehead atoms. The van der Waals surface area contributed by atoms with Crippen molar-refractivity contribution in [2.75, 3.05) is 24.2 Å². The van der Waals surface area contributed by atoms with Crippen LogP contribution in [0.25, 0.3) is 0 Å². The lowest BCUT2D eigenvalue weighted by Gasteiger charge is -2.31. The Kier molecular flexibility index (Phi) is 8.25. The second-order valence-corrected chi connectivity index (χ2v) is 10.3. The number of aryl methyl sites for hydroxylation is 2. The summed E-state index contributed by atoms with van der Waals surface area (Å²) in [6.07, 6.45) is 1.06. The smallest absolute Gasteiger partial charge is 0.244 e. The van der Waals surface area contributed by atoms with Crippen LogP contribution in [0.1, 0.15) is 23.6 Å². The summed E-state index contributed by atoms with van der Waals surface area (Å²) in [4.78, 5) is 27.0. The Balaban J connectivity index is 2.39. The number of nitrogens with zero attached hydrogens (tertiary/aromatic N) is 2. The van der Waals surface area contributed by atoms with Gasteiger partial charge in [0.05, 0.1) is 11.9 Å². The molecule has 0 spiro atoms. The Morgan fingerprint density at radius 2 is 1.71 bits per heavy atom. The molecule has 0 unspecified atom stereocenters. The van der Waals surface area contributed by atoms with Crippen LogP contribution in [-0.4, -0.2) is 51.0 Å². The Labute approximate surface area is 192 Å². The molecule has 2 rings (SSSR count). The SMILES string of the molecule is CNC(=O)[C@H](C)N(Cc1ccc(C)cc1)C(=O)CN(c1ccc(Br)c(C)c1)S(C)(=O)=O. The van der Waals surface area contributed by atoms with Gasteiger partial charge < -0.3 is 10.2 Å². The lowest BCUT2D eigenvalue weighted by molar-refractivity contribution is -0.139. The number of amides is 2. The minimum Gasteiger partial charge on any atom is -0.357 e. The van der Waals surface area contributed by atoms with Gasteiger partial charge in [-0.2, -0.15) is 0 Å². The van der Waals surface area contributed by atoms with Crippen molar-refractivity contribution < 1.29 is 18.0 Å². The molecule has 31 heavy (non-hydrogen) atoms. The topological polar surface area (TPSA) is 86.8 Å². The van der Waals surface area contributed by atoms with Crippen LogP contribution in [0.2, 0.25) is 0 Å². The molecule has 2 aromatic carbocycles. The van der Waals surface area contributed by atoms with E-state index in [-0.39, 0.29) is 12.5 Å². The van der Waals surface area contributed by atoms with Crippen molar-refractivity contribution in [1.82, 2.24) is 10.2 Å². The fourth-order valence-corrected chi connectivity index (χ4v) is 4.17. The number of carbonyl (C=O) groups is 2. The van der Waals surface area contributed by atoms with Gasteiger partial charge in [0.2, 0.25) is 21.8 Å². The zero-order chi connectivity index (χ0) is 23.3. The van der Waals surface area contributed by atoms with Crippen molar-refractivity contribution in [1.29, 1.82) is 0 Å². The molecule has 0 saturated carbocycles. The number of benzene rings is 2. The highest BCUT2D eigenvalue weighted by Gasteiger charge is 2.29. The van der Waals surface area contributed by atoms with Crippen LogP contribution in [0.4, 0.5) is 5.69 Å². The van der Waals surface area contributed by atoms with Crippen LogP contribution >= 0.6 is 15.9 Å². The van der Waals surface area contributed by atoms with Crippen LogP contribution in [0, 0.1) is 13.8 Å². The number of halogens is 1. The Morgan fingerprint density at radius 1 is 1.10 bits per heavy atom. The van der Waals surface area contributed by atoms with Crippen LogP contribution in [-0.2, 0) is 26.2 Å². The summed E-state index contributed by atoms with van der Waals surface area (Å²) in [5, 5.41) is 2.55. The molecule has 0 fully saturated rings. The molecule has 0 heterocycles. The molecule has 0 aliphatic carbocycles. The normalized spacial score (nSPS) is 12.2. The molecule has 0 aromatic heterocycles. The largest absolute Gasteiger partial charge is 0.357 e. The highest BCUT2D eigenvalue weighted by atomic mass is 79.9. The third kappa shape index (κ3) is 6.54. The van der Waals surface area contributed by atoms with Crippen LogP contribution < -0.4 is 9.62 Å². The van der Waals surface area contributed by atoms with Crippen molar-refractivity contribution in [3.05, 3.63) is 63.6 Å². The maximum atomic E-state index is 13.3. The number of likely N-dealkylation sites (N-methyl/N-ethyl adjacent to an activating group) is 1. The van der Waals surface area contributed by atoms with Crippen molar-refractivity contribution in [2.45, 2.75) is 33.4 Å². The summed E-state index contributed by atoms with van der Waals surface area (Å²) in [6.45, 7) is 5.20. The summed E-state index contributed by atoms with van der Waals surface area (Å²) in [5.74, 6) is -0.798. The fraction of sp³-hybridized carbons (Fsp3) is 0.364. The first-order chi connectivity index (χ1) is 14.4. The van der Waals surface area contributed by atoms with Gasteiger partial charge in [0, 0.05) is 18.1 Å². The van der Waals surface area contributed by atoms with Gasteiger partial charge in [-0.15, -0.1) is 0 Å². The molecule has 0 aliphatic heterocycles. The molecule has 2 aromatic rings. The van der Waals surface area contributed by atoms with Gasteiger partial charge in [0.25, 0.3) is 0 Å². The number of nitrogens with one attached hydrogen (secondary N) is 1. The maximum Gasteiger partial charge on any atom is 0.244 e. The summed E-state index contributed by atoms with van der Waals surface area (Å²) in [7, 11) is -2.24. The molecule has 168 valence electrons. The van der Waals surface area contributed by atoms with E-state index in [0.717, 1.165) is 31.7 Å². The van der Waals surface area contributed by atoms with E-state index in [1.54, 1.807) is 25.1 Å². The summed E-state index contributed by atoms with van der Waals surface area (Å²) >= 11 is 3.40. The van der Waals surface area contributed by atoms with Crippen LogP contribution in [0.3, 0.4) is 0 Å². The first kappa shape index (κ1) is 24.9. The molecular formula is C22H28BrN3O4S. The van der Waals surface area contributed by atoms with Crippen LogP contribution in [0.5, 0.6) is 0 Å². The fourth-order valence-electron chi connectivity index (χ4n) is 3.08. The first-order valence-electron chi connectivity index (χ1n) is 9.74. The Bertz CT molecular complexity index is 1050. The first-order valence-corrected chi connectivity index (χ1v) is 12.4. The average Bonchev–Trinajstić information content (AvgIpc) is 2.71. The van der Waals surface area contributed by atoms with E-state index in [0.29, 0.717) is 5.69 Å². The summed E-state index contributed by atoms with van der Waals surface area (Å²) in [6, 6.07) is 11.9. The number of anilines is 1. The van der Waals surface area contributed by atoms with Crippen molar-refractivity contribution >= 4 is 43.5 Å². The highest BCUT2D eigenvalue weighted by Crippen LogP contribution is 2.25. The Hall–Kier alpha value is -2.39. The van der Waals surface area contributed by atoms with Crippen molar-refractivity contribution in [3.8, 4) is 0 Å². The average molecular weight is 510 g/mol. The lowest BCUT2D eigenvalue weighted by atomic mass is 10.1. The molecule has 1 N–H and O–H groups in total. The monoisotopic (exact) mass is 509 g/mol. The number of hydrogen-bond donors (Lipinski definition) is 1. The van der Waals surface area contributed by atoms with Crippen molar-refractivity contribution in [2.24, 2.45) is 0 Å². The minimum absolute atomic E-state index is 0.185. The minimum atomic E-state index is -3.74. The van der Waals surface area contributed by atoms with Gasteiger partial charge in [0.1, 0.15) is 12.6 Å². The second kappa shape index (κ2) is 10.3. The zero-order valence-electron chi connectivity index (χ0n) is 18.3. The summed E-state index contributed by atoms with van der Waals surface area (Å²) in [5.41, 5.74) is 3.16. The third-order valence-corrected chi connectivity index (χ3v) is 7.03. The van der Waals surface area contributed by atoms with E-state index in [1.807, 2.05) is 38.1 Å². The van der Waals surface area contributed by atoms with Crippen molar-refractivity contribution in [3.63, 3.8) is 0 Å². The number of hydrogen-bond acceptors (Lipinski definition) is 4. The van der Waals surface area contributed by atoms with Gasteiger partial charge in [0.15, 0.2) is 0 Å². The number of sulfonamides is 1. The van der Waals surface area contributed by atoms with Gasteiger partial charge in [-0.05, 0) is 50.1 Å². The number of carbonyl (C=O) groups excluding carboxylic acids is 2. The van der Waals surface area contributed by atoms with E-state index in [1.165, 1.54) is 11.9 Å². The molecule has 1 atom stereocenters. The standard InChI is InChI=1S/C22H28BrN3O4S/c1-15-6-8-18(9-7-15)13-25(17(3)22(28)24-4)21(27)14-26(31(5,29)30)19-10-11-20(23)16(2)12-19/h6-12,17H,13-14H2,1-5H3,(H,24,28)/t17-/m0/s1. The van der Waals surface area contributed by atoms with Gasteiger partial charge in [-0.3, -0.25) is 13.9 Å². The van der Waals surface area contributed by atoms with Crippen LogP contribution in [0.15, 0.2) is 46.9 Å². The predicted octanol–water partition coefficient (Wildman–Crippen LogP) is 3.00. The molecule has 2 amide bonds. The summed E-state index contributed by atoms with van der Waals surface area (Å²) < 4.78 is 26.9.